The normalized spacial score (nSPS) is 10.9. The third-order valence-electron chi connectivity index (χ3n) is 3.33. The maximum atomic E-state index is 11.9. The fourth-order valence-corrected chi connectivity index (χ4v) is 2.08. The van der Waals surface area contributed by atoms with Gasteiger partial charge in [0.1, 0.15) is 0 Å². The van der Waals surface area contributed by atoms with Gasteiger partial charge in [0, 0.05) is 18.8 Å². The number of rotatable bonds is 4. The van der Waals surface area contributed by atoms with Gasteiger partial charge in [-0.25, -0.2) is 4.79 Å². The number of tetrazole rings is 1. The number of benzene rings is 2. The van der Waals surface area contributed by atoms with Crippen LogP contribution in [0.25, 0.3) is 11.8 Å². The number of hydrogen-bond donors (Lipinski definition) is 1. The van der Waals surface area contributed by atoms with Crippen LogP contribution < -0.4 is 11.0 Å². The highest BCUT2D eigenvalue weighted by Crippen LogP contribution is 2.11. The minimum Gasteiger partial charge on any atom is -0.323 e. The van der Waals surface area contributed by atoms with Gasteiger partial charge >= 0.3 is 5.69 Å². The van der Waals surface area contributed by atoms with Crippen molar-refractivity contribution >= 4 is 17.7 Å². The molecular formula is C17H15N5O2. The Balaban J connectivity index is 1.68. The summed E-state index contributed by atoms with van der Waals surface area (Å²) in [7, 11) is 1.53. The van der Waals surface area contributed by atoms with E-state index in [2.05, 4.69) is 15.7 Å². The van der Waals surface area contributed by atoms with Crippen molar-refractivity contribution in [3.05, 3.63) is 76.7 Å². The average Bonchev–Trinajstić information content (AvgIpc) is 2.94. The molecule has 0 atom stereocenters. The molecule has 3 aromatic rings. The standard InChI is InChI=1S/C17H15N5O2/c1-21-17(24)22(20-19-21)15-10-8-14(9-11-15)18-16(23)12-7-13-5-3-2-4-6-13/h2-12H,1H3,(H,18,23). The van der Waals surface area contributed by atoms with Gasteiger partial charge in [-0.15, -0.1) is 0 Å². The zero-order chi connectivity index (χ0) is 16.9. The Labute approximate surface area is 137 Å². The van der Waals surface area contributed by atoms with Crippen molar-refractivity contribution in [2.24, 2.45) is 7.05 Å². The lowest BCUT2D eigenvalue weighted by Gasteiger charge is -2.03. The summed E-state index contributed by atoms with van der Waals surface area (Å²) in [4.78, 5) is 23.7. The molecule has 0 saturated carbocycles. The second kappa shape index (κ2) is 6.74. The molecule has 1 amide bonds. The highest BCUT2D eigenvalue weighted by Gasteiger charge is 2.06. The Hall–Kier alpha value is -3.48. The lowest BCUT2D eigenvalue weighted by Crippen LogP contribution is -2.21. The molecule has 0 spiro atoms. The summed E-state index contributed by atoms with van der Waals surface area (Å²) in [6, 6.07) is 16.3. The average molecular weight is 321 g/mol. The van der Waals surface area contributed by atoms with Crippen molar-refractivity contribution < 1.29 is 4.79 Å². The molecule has 0 bridgehead atoms. The van der Waals surface area contributed by atoms with Crippen LogP contribution in [0.2, 0.25) is 0 Å². The number of carbonyl (C=O) groups is 1. The van der Waals surface area contributed by atoms with E-state index in [0.717, 1.165) is 10.2 Å². The molecule has 2 aromatic carbocycles. The lowest BCUT2D eigenvalue weighted by molar-refractivity contribution is -0.111. The predicted octanol–water partition coefficient (Wildman–Crippen LogP) is 1.62. The highest BCUT2D eigenvalue weighted by atomic mass is 16.2. The third-order valence-corrected chi connectivity index (χ3v) is 3.33. The first kappa shape index (κ1) is 15.4. The molecular weight excluding hydrogens is 306 g/mol. The maximum Gasteiger partial charge on any atom is 0.368 e. The first-order valence-corrected chi connectivity index (χ1v) is 7.27. The molecule has 0 unspecified atom stereocenters. The van der Waals surface area contributed by atoms with Crippen LogP contribution in [0.5, 0.6) is 0 Å². The lowest BCUT2D eigenvalue weighted by atomic mass is 10.2. The Bertz CT molecular complexity index is 924. The summed E-state index contributed by atoms with van der Waals surface area (Å²) in [5.74, 6) is -0.233. The van der Waals surface area contributed by atoms with Crippen molar-refractivity contribution in [3.63, 3.8) is 0 Å². The molecule has 24 heavy (non-hydrogen) atoms. The zero-order valence-corrected chi connectivity index (χ0v) is 13.0. The smallest absolute Gasteiger partial charge is 0.323 e. The second-order valence-corrected chi connectivity index (χ2v) is 5.08. The van der Waals surface area contributed by atoms with Crippen molar-refractivity contribution in [2.45, 2.75) is 0 Å². The van der Waals surface area contributed by atoms with E-state index >= 15 is 0 Å². The number of nitrogens with zero attached hydrogens (tertiary/aromatic N) is 4. The summed E-state index contributed by atoms with van der Waals surface area (Å²) in [6.07, 6.45) is 3.21. The summed E-state index contributed by atoms with van der Waals surface area (Å²) in [5, 5.41) is 10.2. The molecule has 0 aliphatic heterocycles. The molecule has 1 heterocycles. The van der Waals surface area contributed by atoms with Crippen LogP contribution in [-0.4, -0.2) is 25.7 Å². The predicted molar refractivity (Wildman–Crippen MR) is 90.7 cm³/mol. The fraction of sp³-hybridized carbons (Fsp3) is 0.0588. The molecule has 0 radical (unpaired) electrons. The molecule has 3 rings (SSSR count). The summed E-state index contributed by atoms with van der Waals surface area (Å²) in [5.41, 5.74) is 1.81. The van der Waals surface area contributed by atoms with Crippen LogP contribution in [0.4, 0.5) is 5.69 Å². The number of anilines is 1. The van der Waals surface area contributed by atoms with Gasteiger partial charge in [0.15, 0.2) is 0 Å². The topological polar surface area (TPSA) is 81.8 Å². The van der Waals surface area contributed by atoms with E-state index in [9.17, 15) is 9.59 Å². The van der Waals surface area contributed by atoms with Crippen LogP contribution >= 0.6 is 0 Å². The molecule has 1 aromatic heterocycles. The molecule has 120 valence electrons. The monoisotopic (exact) mass is 321 g/mol. The van der Waals surface area contributed by atoms with E-state index in [1.807, 2.05) is 30.3 Å². The molecule has 0 saturated heterocycles. The van der Waals surface area contributed by atoms with Gasteiger partial charge in [0.25, 0.3) is 0 Å². The molecule has 7 nitrogen and oxygen atoms in total. The number of nitrogens with one attached hydrogen (secondary N) is 1. The largest absolute Gasteiger partial charge is 0.368 e. The van der Waals surface area contributed by atoms with Crippen molar-refractivity contribution in [3.8, 4) is 5.69 Å². The van der Waals surface area contributed by atoms with Crippen LogP contribution in [0.1, 0.15) is 5.56 Å². The van der Waals surface area contributed by atoms with Gasteiger partial charge in [-0.05, 0) is 46.3 Å². The number of hydrogen-bond acceptors (Lipinski definition) is 4. The van der Waals surface area contributed by atoms with Gasteiger partial charge in [0.2, 0.25) is 5.91 Å². The van der Waals surface area contributed by atoms with Gasteiger partial charge in [0.05, 0.1) is 5.69 Å². The molecule has 0 aliphatic rings. The number of aromatic nitrogens is 4. The van der Waals surface area contributed by atoms with E-state index in [0.29, 0.717) is 11.4 Å². The Morgan fingerprint density at radius 2 is 1.75 bits per heavy atom. The highest BCUT2D eigenvalue weighted by molar-refractivity contribution is 6.01. The molecule has 0 fully saturated rings. The van der Waals surface area contributed by atoms with Gasteiger partial charge < -0.3 is 5.32 Å². The summed E-state index contributed by atoms with van der Waals surface area (Å²) in [6.45, 7) is 0. The quantitative estimate of drug-likeness (QED) is 0.740. The van der Waals surface area contributed by atoms with E-state index in [1.165, 1.54) is 17.8 Å². The number of carbonyl (C=O) groups excluding carboxylic acids is 1. The van der Waals surface area contributed by atoms with Crippen molar-refractivity contribution in [1.82, 2.24) is 19.8 Å². The Kier molecular flexibility index (Phi) is 4.33. The molecule has 0 aliphatic carbocycles. The van der Waals surface area contributed by atoms with Crippen LogP contribution in [0.3, 0.4) is 0 Å². The van der Waals surface area contributed by atoms with Gasteiger partial charge in [-0.1, -0.05) is 30.3 Å². The first-order valence-electron chi connectivity index (χ1n) is 7.27. The summed E-state index contributed by atoms with van der Waals surface area (Å²) < 4.78 is 2.32. The maximum absolute atomic E-state index is 11.9. The minimum absolute atomic E-state index is 0.233. The first-order chi connectivity index (χ1) is 11.6. The van der Waals surface area contributed by atoms with Crippen LogP contribution in [0, 0.1) is 0 Å². The van der Waals surface area contributed by atoms with Crippen molar-refractivity contribution in [1.29, 1.82) is 0 Å². The second-order valence-electron chi connectivity index (χ2n) is 5.08. The number of amides is 1. The number of aryl methyl sites for hydroxylation is 1. The Morgan fingerprint density at radius 3 is 2.38 bits per heavy atom. The third kappa shape index (κ3) is 3.46. The minimum atomic E-state index is -0.336. The van der Waals surface area contributed by atoms with Crippen molar-refractivity contribution in [2.75, 3.05) is 5.32 Å². The molecule has 1 N–H and O–H groups in total. The summed E-state index contributed by atoms with van der Waals surface area (Å²) >= 11 is 0. The SMILES string of the molecule is Cn1nnn(-c2ccc(NC(=O)C=Cc3ccccc3)cc2)c1=O. The Morgan fingerprint density at radius 1 is 1.04 bits per heavy atom. The van der Waals surface area contributed by atoms with E-state index in [4.69, 9.17) is 0 Å². The fourth-order valence-electron chi connectivity index (χ4n) is 2.08. The van der Waals surface area contributed by atoms with Crippen LogP contribution in [-0.2, 0) is 11.8 Å². The van der Waals surface area contributed by atoms with E-state index < -0.39 is 0 Å². The van der Waals surface area contributed by atoms with E-state index in [-0.39, 0.29) is 11.6 Å². The molecule has 7 heteroatoms. The zero-order valence-electron chi connectivity index (χ0n) is 13.0. The van der Waals surface area contributed by atoms with Gasteiger partial charge in [-0.2, -0.15) is 9.36 Å². The van der Waals surface area contributed by atoms with Crippen LogP contribution in [0.15, 0.2) is 65.5 Å². The van der Waals surface area contributed by atoms with Gasteiger partial charge in [-0.3, -0.25) is 4.79 Å². The van der Waals surface area contributed by atoms with E-state index in [1.54, 1.807) is 30.3 Å².